The molecule has 106 valence electrons. The van der Waals surface area contributed by atoms with E-state index in [-0.39, 0.29) is 11.4 Å². The van der Waals surface area contributed by atoms with Crippen molar-refractivity contribution in [3.8, 4) is 0 Å². The molecule has 1 aliphatic heterocycles. The van der Waals surface area contributed by atoms with Crippen molar-refractivity contribution < 1.29 is 14.7 Å². The Bertz CT molecular complexity index is 395. The zero-order valence-corrected chi connectivity index (χ0v) is 11.9. The summed E-state index contributed by atoms with van der Waals surface area (Å²) in [6.45, 7) is 0.768. The molecule has 1 N–H and O–H groups in total. The first-order chi connectivity index (χ1) is 9.08. The van der Waals surface area contributed by atoms with Gasteiger partial charge in [-0.15, -0.1) is 11.8 Å². The smallest absolute Gasteiger partial charge is 0.327 e. The minimum absolute atomic E-state index is 0.0789. The predicted octanol–water partition coefficient (Wildman–Crippen LogP) is 1.69. The highest BCUT2D eigenvalue weighted by atomic mass is 32.2. The highest BCUT2D eigenvalue weighted by Crippen LogP contribution is 2.45. The van der Waals surface area contributed by atoms with Crippen molar-refractivity contribution in [3.05, 3.63) is 0 Å². The fourth-order valence-electron chi connectivity index (χ4n) is 2.67. The Labute approximate surface area is 117 Å². The van der Waals surface area contributed by atoms with Gasteiger partial charge in [-0.3, -0.25) is 4.90 Å². The Balaban J connectivity index is 1.71. The Kier molecular flexibility index (Phi) is 3.37. The van der Waals surface area contributed by atoms with E-state index in [4.69, 9.17) is 0 Å². The third-order valence-electron chi connectivity index (χ3n) is 4.12. The normalized spacial score (nSPS) is 30.5. The van der Waals surface area contributed by atoms with Crippen molar-refractivity contribution >= 4 is 23.8 Å². The van der Waals surface area contributed by atoms with Crippen LogP contribution in [0.5, 0.6) is 0 Å². The van der Waals surface area contributed by atoms with Crippen LogP contribution >= 0.6 is 11.8 Å². The van der Waals surface area contributed by atoms with Crippen LogP contribution in [0.2, 0.25) is 0 Å². The Hall–Kier alpha value is -0.910. The largest absolute Gasteiger partial charge is 0.480 e. The second-order valence-corrected chi connectivity index (χ2v) is 7.08. The standard InChI is InChI=1S/C13H20N2O3S/c1-14(6-8-2-3-8)13(18)15-10(12(16)17)7-19-11(15)9-4-5-9/h8-11H,2-7H2,1H3,(H,16,17). The topological polar surface area (TPSA) is 60.9 Å². The first kappa shape index (κ1) is 13.1. The van der Waals surface area contributed by atoms with Crippen LogP contribution in [0.15, 0.2) is 0 Å². The third-order valence-corrected chi connectivity index (χ3v) is 5.58. The molecule has 19 heavy (non-hydrogen) atoms. The molecule has 0 aromatic rings. The molecule has 0 spiro atoms. The van der Waals surface area contributed by atoms with Crippen molar-refractivity contribution in [3.63, 3.8) is 0 Å². The van der Waals surface area contributed by atoms with Gasteiger partial charge in [0.2, 0.25) is 0 Å². The van der Waals surface area contributed by atoms with Crippen LogP contribution in [-0.4, -0.2) is 57.7 Å². The molecule has 6 heteroatoms. The number of urea groups is 1. The van der Waals surface area contributed by atoms with E-state index in [1.807, 2.05) is 0 Å². The fraction of sp³-hybridized carbons (Fsp3) is 0.846. The number of nitrogens with zero attached hydrogens (tertiary/aromatic N) is 2. The molecule has 0 aromatic carbocycles. The molecule has 0 bridgehead atoms. The van der Waals surface area contributed by atoms with Crippen molar-refractivity contribution in [1.29, 1.82) is 0 Å². The van der Waals surface area contributed by atoms with E-state index in [0.717, 1.165) is 19.4 Å². The molecule has 1 heterocycles. The zero-order valence-electron chi connectivity index (χ0n) is 11.1. The Morgan fingerprint density at radius 2 is 2.00 bits per heavy atom. The summed E-state index contributed by atoms with van der Waals surface area (Å²) in [4.78, 5) is 27.2. The number of carbonyl (C=O) groups excluding carboxylic acids is 1. The lowest BCUT2D eigenvalue weighted by Crippen LogP contribution is -2.51. The van der Waals surface area contributed by atoms with E-state index in [2.05, 4.69) is 0 Å². The maximum Gasteiger partial charge on any atom is 0.327 e. The van der Waals surface area contributed by atoms with Gasteiger partial charge in [-0.05, 0) is 37.5 Å². The number of carbonyl (C=O) groups is 2. The second kappa shape index (κ2) is 4.89. The molecular weight excluding hydrogens is 264 g/mol. The Morgan fingerprint density at radius 1 is 1.32 bits per heavy atom. The molecule has 5 nitrogen and oxygen atoms in total. The average molecular weight is 284 g/mol. The van der Waals surface area contributed by atoms with E-state index in [0.29, 0.717) is 17.6 Å². The average Bonchev–Trinajstić information content (AvgIpc) is 3.28. The molecule has 3 rings (SSSR count). The van der Waals surface area contributed by atoms with Gasteiger partial charge in [0.1, 0.15) is 6.04 Å². The maximum absolute atomic E-state index is 12.5. The molecule has 3 fully saturated rings. The first-order valence-electron chi connectivity index (χ1n) is 6.95. The van der Waals surface area contributed by atoms with Gasteiger partial charge in [0.25, 0.3) is 0 Å². The number of aliphatic carboxylic acids is 1. The predicted molar refractivity (Wildman–Crippen MR) is 73.0 cm³/mol. The quantitative estimate of drug-likeness (QED) is 0.853. The van der Waals surface area contributed by atoms with Crippen LogP contribution in [0.1, 0.15) is 25.7 Å². The molecular formula is C13H20N2O3S. The summed E-state index contributed by atoms with van der Waals surface area (Å²) in [5.74, 6) is 0.794. The number of hydrogen-bond donors (Lipinski definition) is 1. The van der Waals surface area contributed by atoms with E-state index < -0.39 is 12.0 Å². The summed E-state index contributed by atoms with van der Waals surface area (Å²) in [5.41, 5.74) is 0. The Morgan fingerprint density at radius 3 is 2.53 bits per heavy atom. The molecule has 0 aromatic heterocycles. The van der Waals surface area contributed by atoms with Gasteiger partial charge in [0.05, 0.1) is 5.37 Å². The first-order valence-corrected chi connectivity index (χ1v) is 8.00. The minimum Gasteiger partial charge on any atom is -0.480 e. The van der Waals surface area contributed by atoms with Crippen LogP contribution in [0.4, 0.5) is 4.79 Å². The summed E-state index contributed by atoms with van der Waals surface area (Å²) in [6, 6.07) is -0.744. The number of thioether (sulfide) groups is 1. The number of hydrogen-bond acceptors (Lipinski definition) is 3. The van der Waals surface area contributed by atoms with E-state index >= 15 is 0 Å². The second-order valence-electron chi connectivity index (χ2n) is 5.93. The molecule has 2 saturated carbocycles. The van der Waals surface area contributed by atoms with Gasteiger partial charge in [0, 0.05) is 19.3 Å². The lowest BCUT2D eigenvalue weighted by atomic mass is 10.2. The van der Waals surface area contributed by atoms with Gasteiger partial charge < -0.3 is 10.0 Å². The number of carboxylic acids is 1. The summed E-state index contributed by atoms with van der Waals surface area (Å²) in [6.07, 6.45) is 4.64. The van der Waals surface area contributed by atoms with Crippen LogP contribution in [0, 0.1) is 11.8 Å². The van der Waals surface area contributed by atoms with Crippen LogP contribution in [-0.2, 0) is 4.79 Å². The van der Waals surface area contributed by atoms with Crippen LogP contribution in [0.3, 0.4) is 0 Å². The van der Waals surface area contributed by atoms with E-state index in [1.54, 1.807) is 28.6 Å². The third kappa shape index (κ3) is 2.68. The summed E-state index contributed by atoms with van der Waals surface area (Å²) in [7, 11) is 1.80. The van der Waals surface area contributed by atoms with E-state index in [1.165, 1.54) is 12.8 Å². The molecule has 1 saturated heterocycles. The van der Waals surface area contributed by atoms with Crippen molar-refractivity contribution in [2.45, 2.75) is 37.1 Å². The van der Waals surface area contributed by atoms with Crippen molar-refractivity contribution in [1.82, 2.24) is 9.80 Å². The van der Waals surface area contributed by atoms with Crippen molar-refractivity contribution in [2.24, 2.45) is 11.8 Å². The van der Waals surface area contributed by atoms with Gasteiger partial charge in [0.15, 0.2) is 0 Å². The zero-order chi connectivity index (χ0) is 13.6. The van der Waals surface area contributed by atoms with E-state index in [9.17, 15) is 14.7 Å². The summed E-state index contributed by atoms with van der Waals surface area (Å²) >= 11 is 1.64. The van der Waals surface area contributed by atoms with Gasteiger partial charge in [-0.2, -0.15) is 0 Å². The molecule has 2 atom stereocenters. The number of carboxylic acid groups (broad SMARTS) is 1. The fourth-order valence-corrected chi connectivity index (χ4v) is 4.29. The van der Waals surface area contributed by atoms with Crippen molar-refractivity contribution in [2.75, 3.05) is 19.3 Å². The highest BCUT2D eigenvalue weighted by molar-refractivity contribution is 8.00. The van der Waals surface area contributed by atoms with Gasteiger partial charge in [-0.1, -0.05) is 0 Å². The lowest BCUT2D eigenvalue weighted by Gasteiger charge is -2.31. The molecule has 2 unspecified atom stereocenters. The molecule has 3 aliphatic rings. The maximum atomic E-state index is 12.5. The molecule has 2 aliphatic carbocycles. The number of rotatable bonds is 4. The minimum atomic E-state index is -0.871. The number of amides is 2. The summed E-state index contributed by atoms with van der Waals surface area (Å²) < 4.78 is 0. The highest BCUT2D eigenvalue weighted by Gasteiger charge is 2.49. The molecule has 0 radical (unpaired) electrons. The monoisotopic (exact) mass is 284 g/mol. The molecule has 2 amide bonds. The van der Waals surface area contributed by atoms with Crippen LogP contribution < -0.4 is 0 Å². The summed E-state index contributed by atoms with van der Waals surface area (Å²) in [5, 5.41) is 9.38. The van der Waals surface area contributed by atoms with Gasteiger partial charge in [-0.25, -0.2) is 9.59 Å². The lowest BCUT2D eigenvalue weighted by molar-refractivity contribution is -0.141. The van der Waals surface area contributed by atoms with Crippen LogP contribution in [0.25, 0.3) is 0 Å². The van der Waals surface area contributed by atoms with Gasteiger partial charge >= 0.3 is 12.0 Å². The SMILES string of the molecule is CN(CC1CC1)C(=O)N1C(C(=O)O)CSC1C1CC1.